The molecule has 4 unspecified atom stereocenters. The summed E-state index contributed by atoms with van der Waals surface area (Å²) in [7, 11) is 1.58. The highest BCUT2D eigenvalue weighted by Gasteiger charge is 2.36. The standard InChI is InChI=1S/C9H16O3/c1-6-3-4-8(12-2)9(11)7(6)5-10/h5-9,11H,3-4H2,1-2H3. The third kappa shape index (κ3) is 1.67. The number of ether oxygens (including phenoxy) is 1. The van der Waals surface area contributed by atoms with Crippen LogP contribution in [0.25, 0.3) is 0 Å². The van der Waals surface area contributed by atoms with E-state index in [2.05, 4.69) is 0 Å². The summed E-state index contributed by atoms with van der Waals surface area (Å²) in [6.45, 7) is 1.99. The van der Waals surface area contributed by atoms with E-state index in [1.54, 1.807) is 7.11 Å². The highest BCUT2D eigenvalue weighted by molar-refractivity contribution is 5.55. The lowest BCUT2D eigenvalue weighted by molar-refractivity contribution is -0.127. The van der Waals surface area contributed by atoms with Crippen molar-refractivity contribution in [2.45, 2.75) is 32.0 Å². The third-order valence-electron chi connectivity index (χ3n) is 2.80. The van der Waals surface area contributed by atoms with E-state index in [1.807, 2.05) is 6.92 Å². The van der Waals surface area contributed by atoms with Crippen molar-refractivity contribution in [2.75, 3.05) is 7.11 Å². The molecule has 1 aliphatic rings. The van der Waals surface area contributed by atoms with Crippen molar-refractivity contribution < 1.29 is 14.6 Å². The Kier molecular flexibility index (Phi) is 3.23. The lowest BCUT2D eigenvalue weighted by Crippen LogP contribution is -2.43. The van der Waals surface area contributed by atoms with E-state index in [0.29, 0.717) is 0 Å². The lowest BCUT2D eigenvalue weighted by atomic mass is 9.77. The number of hydrogen-bond acceptors (Lipinski definition) is 3. The fourth-order valence-corrected chi connectivity index (χ4v) is 1.85. The van der Waals surface area contributed by atoms with Crippen molar-refractivity contribution in [3.8, 4) is 0 Å². The largest absolute Gasteiger partial charge is 0.390 e. The molecule has 1 N–H and O–H groups in total. The van der Waals surface area contributed by atoms with Gasteiger partial charge in [-0.2, -0.15) is 0 Å². The van der Waals surface area contributed by atoms with E-state index in [1.165, 1.54) is 0 Å². The molecule has 12 heavy (non-hydrogen) atoms. The maximum absolute atomic E-state index is 10.6. The van der Waals surface area contributed by atoms with E-state index in [4.69, 9.17) is 4.74 Å². The number of carbonyl (C=O) groups excluding carboxylic acids is 1. The van der Waals surface area contributed by atoms with Gasteiger partial charge in [-0.25, -0.2) is 0 Å². The van der Waals surface area contributed by atoms with Gasteiger partial charge in [0.1, 0.15) is 6.29 Å². The highest BCUT2D eigenvalue weighted by Crippen LogP contribution is 2.30. The summed E-state index contributed by atoms with van der Waals surface area (Å²) in [5.74, 6) is 0.0348. The minimum Gasteiger partial charge on any atom is -0.390 e. The van der Waals surface area contributed by atoms with Crippen LogP contribution in [0.4, 0.5) is 0 Å². The van der Waals surface area contributed by atoms with Gasteiger partial charge < -0.3 is 14.6 Å². The molecule has 1 fully saturated rings. The number of carbonyl (C=O) groups is 1. The van der Waals surface area contributed by atoms with Crippen molar-refractivity contribution in [1.82, 2.24) is 0 Å². The molecule has 1 rings (SSSR count). The smallest absolute Gasteiger partial charge is 0.126 e. The number of aliphatic hydroxyl groups excluding tert-OH is 1. The molecule has 0 aromatic heterocycles. The maximum Gasteiger partial charge on any atom is 0.126 e. The van der Waals surface area contributed by atoms with Crippen LogP contribution in [0.15, 0.2) is 0 Å². The second-order valence-electron chi connectivity index (χ2n) is 3.53. The van der Waals surface area contributed by atoms with Gasteiger partial charge in [-0.3, -0.25) is 0 Å². The zero-order valence-corrected chi connectivity index (χ0v) is 7.56. The number of aliphatic hydroxyl groups is 1. The zero-order chi connectivity index (χ0) is 9.14. The van der Waals surface area contributed by atoms with Crippen LogP contribution in [0.3, 0.4) is 0 Å². The average Bonchev–Trinajstić information content (AvgIpc) is 2.06. The number of rotatable bonds is 2. The first-order valence-electron chi connectivity index (χ1n) is 4.37. The van der Waals surface area contributed by atoms with Crippen molar-refractivity contribution in [1.29, 1.82) is 0 Å². The molecular weight excluding hydrogens is 156 g/mol. The molecule has 0 aliphatic heterocycles. The van der Waals surface area contributed by atoms with Crippen LogP contribution in [0.2, 0.25) is 0 Å². The van der Waals surface area contributed by atoms with E-state index in [-0.39, 0.29) is 17.9 Å². The molecule has 0 radical (unpaired) electrons. The van der Waals surface area contributed by atoms with Crippen molar-refractivity contribution in [3.63, 3.8) is 0 Å². The average molecular weight is 172 g/mol. The second kappa shape index (κ2) is 4.01. The Morgan fingerprint density at radius 3 is 2.67 bits per heavy atom. The Morgan fingerprint density at radius 2 is 2.17 bits per heavy atom. The molecule has 70 valence electrons. The quantitative estimate of drug-likeness (QED) is 0.621. The Morgan fingerprint density at radius 1 is 1.50 bits per heavy atom. The van der Waals surface area contributed by atoms with Crippen molar-refractivity contribution >= 4 is 6.29 Å². The summed E-state index contributed by atoms with van der Waals surface area (Å²) in [5.41, 5.74) is 0. The molecule has 1 saturated carbocycles. The summed E-state index contributed by atoms with van der Waals surface area (Å²) < 4.78 is 5.07. The van der Waals surface area contributed by atoms with Gasteiger partial charge in [0, 0.05) is 13.0 Å². The van der Waals surface area contributed by atoms with Crippen LogP contribution in [0.5, 0.6) is 0 Å². The Hall–Kier alpha value is -0.410. The van der Waals surface area contributed by atoms with E-state index >= 15 is 0 Å². The Labute approximate surface area is 72.7 Å². The van der Waals surface area contributed by atoms with E-state index < -0.39 is 6.10 Å². The van der Waals surface area contributed by atoms with Crippen LogP contribution in [-0.2, 0) is 9.53 Å². The van der Waals surface area contributed by atoms with Gasteiger partial charge in [-0.05, 0) is 18.8 Å². The van der Waals surface area contributed by atoms with Crippen LogP contribution in [0.1, 0.15) is 19.8 Å². The van der Waals surface area contributed by atoms with Crippen molar-refractivity contribution in [3.05, 3.63) is 0 Å². The van der Waals surface area contributed by atoms with E-state index in [9.17, 15) is 9.90 Å². The predicted octanol–water partition coefficient (Wildman–Crippen LogP) is 0.607. The fraction of sp³-hybridized carbons (Fsp3) is 0.889. The SMILES string of the molecule is COC1CCC(C)C(C=O)C1O. The van der Waals surface area contributed by atoms with Gasteiger partial charge in [0.15, 0.2) is 0 Å². The molecule has 0 aromatic carbocycles. The minimum absolute atomic E-state index is 0.156. The molecule has 0 amide bonds. The first-order chi connectivity index (χ1) is 5.70. The molecule has 0 aromatic rings. The van der Waals surface area contributed by atoms with Crippen LogP contribution in [0, 0.1) is 11.8 Å². The summed E-state index contributed by atoms with van der Waals surface area (Å²) >= 11 is 0. The first-order valence-corrected chi connectivity index (χ1v) is 4.37. The van der Waals surface area contributed by atoms with Crippen LogP contribution < -0.4 is 0 Å². The Balaban J connectivity index is 2.62. The maximum atomic E-state index is 10.6. The molecule has 0 heterocycles. The molecule has 3 nitrogen and oxygen atoms in total. The normalized spacial score (nSPS) is 42.6. The van der Waals surface area contributed by atoms with Crippen LogP contribution in [-0.4, -0.2) is 30.7 Å². The summed E-state index contributed by atoms with van der Waals surface area (Å²) in [6.07, 6.45) is 1.88. The fourth-order valence-electron chi connectivity index (χ4n) is 1.85. The molecule has 4 atom stereocenters. The molecule has 3 heteroatoms. The first kappa shape index (κ1) is 9.68. The zero-order valence-electron chi connectivity index (χ0n) is 7.56. The molecule has 0 bridgehead atoms. The third-order valence-corrected chi connectivity index (χ3v) is 2.80. The van der Waals surface area contributed by atoms with Crippen molar-refractivity contribution in [2.24, 2.45) is 11.8 Å². The van der Waals surface area contributed by atoms with Gasteiger partial charge in [-0.1, -0.05) is 6.92 Å². The van der Waals surface area contributed by atoms with Gasteiger partial charge >= 0.3 is 0 Å². The van der Waals surface area contributed by atoms with Gasteiger partial charge in [0.25, 0.3) is 0 Å². The Bertz CT molecular complexity index is 158. The minimum atomic E-state index is -0.615. The lowest BCUT2D eigenvalue weighted by Gasteiger charge is -2.35. The summed E-state index contributed by atoms with van der Waals surface area (Å²) in [6, 6.07) is 0. The summed E-state index contributed by atoms with van der Waals surface area (Å²) in [4.78, 5) is 10.6. The second-order valence-corrected chi connectivity index (χ2v) is 3.53. The number of aldehydes is 1. The van der Waals surface area contributed by atoms with Gasteiger partial charge in [0.2, 0.25) is 0 Å². The molecular formula is C9H16O3. The number of hydrogen-bond donors (Lipinski definition) is 1. The molecule has 0 spiro atoms. The van der Waals surface area contributed by atoms with Crippen LogP contribution >= 0.6 is 0 Å². The highest BCUT2D eigenvalue weighted by atomic mass is 16.5. The molecule has 1 aliphatic carbocycles. The monoisotopic (exact) mass is 172 g/mol. The van der Waals surface area contributed by atoms with Gasteiger partial charge in [0.05, 0.1) is 12.2 Å². The summed E-state index contributed by atoms with van der Waals surface area (Å²) in [5, 5.41) is 9.64. The van der Waals surface area contributed by atoms with E-state index in [0.717, 1.165) is 19.1 Å². The predicted molar refractivity (Wildman–Crippen MR) is 44.8 cm³/mol. The van der Waals surface area contributed by atoms with Gasteiger partial charge in [-0.15, -0.1) is 0 Å². The topological polar surface area (TPSA) is 46.5 Å². The molecule has 0 saturated heterocycles. The number of methoxy groups -OCH3 is 1.